The van der Waals surface area contributed by atoms with Gasteiger partial charge >= 0.3 is 0 Å². The molecular formula is C16H19ClN2O3. The van der Waals surface area contributed by atoms with E-state index in [0.29, 0.717) is 22.1 Å². The van der Waals surface area contributed by atoms with E-state index in [9.17, 15) is 10.1 Å². The van der Waals surface area contributed by atoms with E-state index in [2.05, 4.69) is 5.32 Å². The number of hydrogen-bond donors (Lipinski definition) is 1. The van der Waals surface area contributed by atoms with Crippen LogP contribution in [0, 0.1) is 11.3 Å². The molecule has 0 bridgehead atoms. The van der Waals surface area contributed by atoms with Crippen molar-refractivity contribution in [2.45, 2.75) is 26.3 Å². The molecule has 1 aromatic rings. The number of benzene rings is 1. The topological polar surface area (TPSA) is 71.4 Å². The largest absolute Gasteiger partial charge is 0.493 e. The number of halogens is 1. The summed E-state index contributed by atoms with van der Waals surface area (Å²) in [6.07, 6.45) is 2.21. The second-order valence-electron chi connectivity index (χ2n) is 4.68. The molecule has 0 unspecified atom stereocenters. The van der Waals surface area contributed by atoms with Crippen molar-refractivity contribution in [2.75, 3.05) is 14.2 Å². The van der Waals surface area contributed by atoms with Crippen LogP contribution in [-0.4, -0.2) is 26.2 Å². The molecule has 0 heterocycles. The van der Waals surface area contributed by atoms with Gasteiger partial charge in [0.15, 0.2) is 11.5 Å². The van der Waals surface area contributed by atoms with E-state index in [1.54, 1.807) is 12.1 Å². The molecule has 118 valence electrons. The van der Waals surface area contributed by atoms with Crippen LogP contribution in [0.1, 0.15) is 25.8 Å². The normalized spacial score (nSPS) is 12.3. The zero-order valence-corrected chi connectivity index (χ0v) is 13.8. The molecule has 1 aromatic carbocycles. The number of carbonyl (C=O) groups excluding carboxylic acids is 1. The molecule has 1 N–H and O–H groups in total. The summed E-state index contributed by atoms with van der Waals surface area (Å²) in [7, 11) is 3.00. The Hall–Kier alpha value is -2.19. The number of carbonyl (C=O) groups is 1. The Labute approximate surface area is 135 Å². The molecule has 22 heavy (non-hydrogen) atoms. The lowest BCUT2D eigenvalue weighted by atomic mass is 10.1. The first kappa shape index (κ1) is 17.9. The van der Waals surface area contributed by atoms with Crippen LogP contribution in [0.2, 0.25) is 5.02 Å². The Morgan fingerprint density at radius 1 is 1.41 bits per heavy atom. The fraction of sp³-hybridized carbons (Fsp3) is 0.375. The quantitative estimate of drug-likeness (QED) is 0.645. The van der Waals surface area contributed by atoms with Gasteiger partial charge in [-0.1, -0.05) is 18.5 Å². The molecule has 6 heteroatoms. The molecule has 0 saturated heterocycles. The molecule has 1 amide bonds. The third kappa shape index (κ3) is 4.40. The van der Waals surface area contributed by atoms with E-state index in [1.165, 1.54) is 20.3 Å². The number of nitriles is 1. The van der Waals surface area contributed by atoms with Crippen molar-refractivity contribution in [2.24, 2.45) is 0 Å². The maximum atomic E-state index is 12.0. The summed E-state index contributed by atoms with van der Waals surface area (Å²) < 4.78 is 10.3. The Kier molecular flexibility index (Phi) is 6.74. The van der Waals surface area contributed by atoms with Crippen LogP contribution in [0.5, 0.6) is 11.5 Å². The van der Waals surface area contributed by atoms with Gasteiger partial charge in [0.2, 0.25) is 0 Å². The van der Waals surface area contributed by atoms with E-state index < -0.39 is 5.91 Å². The molecule has 1 atom stereocenters. The average Bonchev–Trinajstić information content (AvgIpc) is 2.52. The van der Waals surface area contributed by atoms with Gasteiger partial charge in [-0.05, 0) is 31.1 Å². The molecule has 1 rings (SSSR count). The van der Waals surface area contributed by atoms with Gasteiger partial charge in [0.25, 0.3) is 5.91 Å². The predicted octanol–water partition coefficient (Wildman–Crippen LogP) is 3.18. The molecule has 0 spiro atoms. The van der Waals surface area contributed by atoms with Gasteiger partial charge in [-0.25, -0.2) is 0 Å². The first-order valence-corrected chi connectivity index (χ1v) is 7.18. The van der Waals surface area contributed by atoms with Crippen LogP contribution in [0.25, 0.3) is 6.08 Å². The molecule has 0 aliphatic carbocycles. The number of nitrogens with one attached hydrogen (secondary N) is 1. The van der Waals surface area contributed by atoms with Gasteiger partial charge in [0.1, 0.15) is 11.6 Å². The van der Waals surface area contributed by atoms with E-state index in [4.69, 9.17) is 21.1 Å². The maximum Gasteiger partial charge on any atom is 0.262 e. The highest BCUT2D eigenvalue weighted by Crippen LogP contribution is 2.34. The molecule has 0 aliphatic heterocycles. The highest BCUT2D eigenvalue weighted by Gasteiger charge is 2.14. The van der Waals surface area contributed by atoms with E-state index in [1.807, 2.05) is 19.9 Å². The van der Waals surface area contributed by atoms with Crippen molar-refractivity contribution in [3.8, 4) is 17.6 Å². The molecule has 0 aliphatic rings. The molecular weight excluding hydrogens is 304 g/mol. The van der Waals surface area contributed by atoms with Crippen molar-refractivity contribution >= 4 is 23.6 Å². The third-order valence-corrected chi connectivity index (χ3v) is 3.48. The fourth-order valence-electron chi connectivity index (χ4n) is 1.69. The highest BCUT2D eigenvalue weighted by atomic mass is 35.5. The predicted molar refractivity (Wildman–Crippen MR) is 86.0 cm³/mol. The van der Waals surface area contributed by atoms with E-state index in [0.717, 1.165) is 6.42 Å². The highest BCUT2D eigenvalue weighted by molar-refractivity contribution is 6.32. The summed E-state index contributed by atoms with van der Waals surface area (Å²) in [5.41, 5.74) is 0.490. The van der Waals surface area contributed by atoms with Crippen LogP contribution in [0.4, 0.5) is 0 Å². The van der Waals surface area contributed by atoms with Crippen molar-refractivity contribution in [3.05, 3.63) is 28.3 Å². The summed E-state index contributed by atoms with van der Waals surface area (Å²) in [5.74, 6) is 0.521. The standard InChI is InChI=1S/C16H19ClN2O3/c1-5-10(2)19-16(20)12(9-18)6-11-7-14(21-3)15(22-4)8-13(11)17/h6-8,10H,5H2,1-4H3,(H,19,20)/b12-6+/t10-/m0/s1. The third-order valence-electron chi connectivity index (χ3n) is 3.16. The van der Waals surface area contributed by atoms with Crippen LogP contribution in [-0.2, 0) is 4.79 Å². The first-order chi connectivity index (χ1) is 10.5. The van der Waals surface area contributed by atoms with Crippen molar-refractivity contribution < 1.29 is 14.3 Å². The molecule has 0 fully saturated rings. The summed E-state index contributed by atoms with van der Waals surface area (Å²) in [5, 5.41) is 12.3. The summed E-state index contributed by atoms with van der Waals surface area (Å²) in [4.78, 5) is 12.0. The number of methoxy groups -OCH3 is 2. The van der Waals surface area contributed by atoms with Crippen LogP contribution < -0.4 is 14.8 Å². The number of hydrogen-bond acceptors (Lipinski definition) is 4. The maximum absolute atomic E-state index is 12.0. The van der Waals surface area contributed by atoms with Crippen LogP contribution in [0.3, 0.4) is 0 Å². The lowest BCUT2D eigenvalue weighted by Gasteiger charge is -2.12. The van der Waals surface area contributed by atoms with E-state index in [-0.39, 0.29) is 11.6 Å². The Balaban J connectivity index is 3.18. The van der Waals surface area contributed by atoms with Gasteiger partial charge in [-0.15, -0.1) is 0 Å². The number of rotatable bonds is 6. The molecule has 5 nitrogen and oxygen atoms in total. The van der Waals surface area contributed by atoms with Crippen molar-refractivity contribution in [1.29, 1.82) is 5.26 Å². The number of amides is 1. The lowest BCUT2D eigenvalue weighted by molar-refractivity contribution is -0.117. The Morgan fingerprint density at radius 2 is 2.00 bits per heavy atom. The average molecular weight is 323 g/mol. The molecule has 0 saturated carbocycles. The Bertz CT molecular complexity index is 621. The minimum Gasteiger partial charge on any atom is -0.493 e. The summed E-state index contributed by atoms with van der Waals surface area (Å²) >= 11 is 6.15. The zero-order chi connectivity index (χ0) is 16.7. The smallest absolute Gasteiger partial charge is 0.262 e. The Morgan fingerprint density at radius 3 is 2.50 bits per heavy atom. The monoisotopic (exact) mass is 322 g/mol. The molecule has 0 aromatic heterocycles. The summed E-state index contributed by atoms with van der Waals surface area (Å²) in [6.45, 7) is 3.82. The van der Waals surface area contributed by atoms with Gasteiger partial charge in [-0.3, -0.25) is 4.79 Å². The van der Waals surface area contributed by atoms with E-state index >= 15 is 0 Å². The van der Waals surface area contributed by atoms with Crippen molar-refractivity contribution in [1.82, 2.24) is 5.32 Å². The fourth-order valence-corrected chi connectivity index (χ4v) is 1.90. The minimum atomic E-state index is -0.428. The summed E-state index contributed by atoms with van der Waals surface area (Å²) in [6, 6.07) is 5.08. The molecule has 0 radical (unpaired) electrons. The SMILES string of the molecule is CC[C@H](C)NC(=O)/C(C#N)=C/c1cc(OC)c(OC)cc1Cl. The van der Waals surface area contributed by atoms with Gasteiger partial charge in [-0.2, -0.15) is 5.26 Å². The number of ether oxygens (including phenoxy) is 2. The van der Waals surface area contributed by atoms with Crippen LogP contribution in [0.15, 0.2) is 17.7 Å². The second kappa shape index (κ2) is 8.30. The van der Waals surface area contributed by atoms with Gasteiger partial charge < -0.3 is 14.8 Å². The van der Waals surface area contributed by atoms with Gasteiger partial charge in [0.05, 0.1) is 19.2 Å². The van der Waals surface area contributed by atoms with Gasteiger partial charge in [0, 0.05) is 12.1 Å². The minimum absolute atomic E-state index is 0.00914. The zero-order valence-electron chi connectivity index (χ0n) is 13.1. The lowest BCUT2D eigenvalue weighted by Crippen LogP contribution is -2.32. The second-order valence-corrected chi connectivity index (χ2v) is 5.09. The van der Waals surface area contributed by atoms with Crippen LogP contribution >= 0.6 is 11.6 Å². The number of nitrogens with zero attached hydrogens (tertiary/aromatic N) is 1. The first-order valence-electron chi connectivity index (χ1n) is 6.80. The van der Waals surface area contributed by atoms with Crippen molar-refractivity contribution in [3.63, 3.8) is 0 Å².